The van der Waals surface area contributed by atoms with Gasteiger partial charge in [0.25, 0.3) is 0 Å². The Hall–Kier alpha value is -0.900. The smallest absolute Gasteiger partial charge is 0.230 e. The number of anilines is 1. The quantitative estimate of drug-likeness (QED) is 0.727. The molecule has 3 N–H and O–H groups in total. The topological polar surface area (TPSA) is 99.4 Å². The summed E-state index contributed by atoms with van der Waals surface area (Å²) in [6, 6.07) is 0.157. The van der Waals surface area contributed by atoms with Crippen molar-refractivity contribution < 1.29 is 14.3 Å². The lowest BCUT2D eigenvalue weighted by atomic mass is 9.67. The third-order valence-electron chi connectivity index (χ3n) is 3.96. The summed E-state index contributed by atoms with van der Waals surface area (Å²) in [5.41, 5.74) is 5.51. The lowest BCUT2D eigenvalue weighted by Gasteiger charge is -2.47. The number of fused-ring (bicyclic) bond motifs is 1. The van der Waals surface area contributed by atoms with E-state index in [-0.39, 0.29) is 24.0 Å². The number of hydrogen-bond donors (Lipinski definition) is 2. The summed E-state index contributed by atoms with van der Waals surface area (Å²) >= 11 is 2.65. The van der Waals surface area contributed by atoms with Gasteiger partial charge < -0.3 is 20.5 Å². The van der Waals surface area contributed by atoms with Gasteiger partial charge in [-0.25, -0.2) is 0 Å². The molecule has 2 aliphatic rings. The van der Waals surface area contributed by atoms with Crippen LogP contribution >= 0.6 is 23.1 Å². The second kappa shape index (κ2) is 6.47. The Labute approximate surface area is 131 Å². The number of nitrogens with zero attached hydrogens (tertiary/aromatic N) is 2. The summed E-state index contributed by atoms with van der Waals surface area (Å²) in [5.74, 6) is 1.01. The van der Waals surface area contributed by atoms with E-state index in [2.05, 4.69) is 15.5 Å². The second-order valence-electron chi connectivity index (χ2n) is 5.20. The summed E-state index contributed by atoms with van der Waals surface area (Å²) in [5, 5.41) is 11.1. The maximum atomic E-state index is 12.1. The van der Waals surface area contributed by atoms with Crippen molar-refractivity contribution >= 4 is 34.1 Å². The van der Waals surface area contributed by atoms with Gasteiger partial charge in [-0.2, -0.15) is 0 Å². The highest BCUT2D eigenvalue weighted by Gasteiger charge is 2.54. The lowest BCUT2D eigenvalue weighted by molar-refractivity contribution is -0.127. The number of thioether (sulfide) groups is 1. The van der Waals surface area contributed by atoms with Crippen LogP contribution in [0.25, 0.3) is 0 Å². The molecule has 1 saturated heterocycles. The van der Waals surface area contributed by atoms with Crippen LogP contribution in [0.1, 0.15) is 6.42 Å². The molecule has 116 valence electrons. The average Bonchev–Trinajstić information content (AvgIpc) is 3.07. The zero-order valence-corrected chi connectivity index (χ0v) is 13.3. The molecule has 1 amide bonds. The summed E-state index contributed by atoms with van der Waals surface area (Å²) < 4.78 is 11.6. The number of carbonyl (C=O) groups is 1. The van der Waals surface area contributed by atoms with E-state index in [1.165, 1.54) is 23.1 Å². The van der Waals surface area contributed by atoms with Crippen LogP contribution in [-0.2, 0) is 14.3 Å². The standard InChI is InChI=1S/C12H18N4O3S2/c1-18-4-7-9(6-2-3-19-10(6)7)14-8(17)5-20-12-16-15-11(13)21-12/h6-7,9-10H,2-5H2,1H3,(H2,13,15)(H,14,17)/t6-,7-,9-,10-/m0/s1. The van der Waals surface area contributed by atoms with Crippen molar-refractivity contribution in [2.24, 2.45) is 11.8 Å². The van der Waals surface area contributed by atoms with E-state index in [4.69, 9.17) is 15.2 Å². The van der Waals surface area contributed by atoms with Gasteiger partial charge in [-0.05, 0) is 6.42 Å². The van der Waals surface area contributed by atoms with Gasteiger partial charge in [-0.1, -0.05) is 23.1 Å². The molecule has 0 bridgehead atoms. The van der Waals surface area contributed by atoms with Crippen LogP contribution in [0, 0.1) is 11.8 Å². The molecular weight excluding hydrogens is 312 g/mol. The molecule has 0 spiro atoms. The van der Waals surface area contributed by atoms with Crippen molar-refractivity contribution in [3.05, 3.63) is 0 Å². The van der Waals surface area contributed by atoms with E-state index in [9.17, 15) is 4.79 Å². The largest absolute Gasteiger partial charge is 0.384 e. The SMILES string of the molecule is COC[C@H]1[C@@H](NC(=O)CSc2nnc(N)s2)[C@@H]2CCO[C@@H]21. The molecule has 0 aromatic carbocycles. The van der Waals surface area contributed by atoms with Gasteiger partial charge in [0, 0.05) is 31.6 Å². The Morgan fingerprint density at radius 1 is 1.62 bits per heavy atom. The highest BCUT2D eigenvalue weighted by Crippen LogP contribution is 2.43. The maximum Gasteiger partial charge on any atom is 0.230 e. The van der Waals surface area contributed by atoms with Crippen LogP contribution in [-0.4, -0.2) is 54.3 Å². The molecule has 1 saturated carbocycles. The third kappa shape index (κ3) is 3.15. The molecule has 9 heteroatoms. The first kappa shape index (κ1) is 15.0. The van der Waals surface area contributed by atoms with Crippen LogP contribution in [0.4, 0.5) is 5.13 Å². The van der Waals surface area contributed by atoms with Crippen LogP contribution < -0.4 is 11.1 Å². The summed E-state index contributed by atoms with van der Waals surface area (Å²) in [6.07, 6.45) is 1.25. The minimum atomic E-state index is 0.00484. The van der Waals surface area contributed by atoms with Crippen molar-refractivity contribution in [2.75, 3.05) is 31.8 Å². The number of ether oxygens (including phenoxy) is 2. The van der Waals surface area contributed by atoms with Crippen molar-refractivity contribution in [3.63, 3.8) is 0 Å². The van der Waals surface area contributed by atoms with Crippen LogP contribution in [0.3, 0.4) is 0 Å². The zero-order chi connectivity index (χ0) is 14.8. The van der Waals surface area contributed by atoms with Crippen LogP contribution in [0.15, 0.2) is 4.34 Å². The molecule has 7 nitrogen and oxygen atoms in total. The number of nitrogens with two attached hydrogens (primary N) is 1. The number of rotatable bonds is 6. The second-order valence-corrected chi connectivity index (χ2v) is 7.43. The first-order valence-corrected chi connectivity index (χ1v) is 8.61. The molecule has 0 radical (unpaired) electrons. The zero-order valence-electron chi connectivity index (χ0n) is 11.7. The minimum Gasteiger partial charge on any atom is -0.384 e. The first-order chi connectivity index (χ1) is 10.2. The Balaban J connectivity index is 1.49. The van der Waals surface area contributed by atoms with E-state index >= 15 is 0 Å². The van der Waals surface area contributed by atoms with Gasteiger partial charge >= 0.3 is 0 Å². The summed E-state index contributed by atoms with van der Waals surface area (Å²) in [7, 11) is 1.68. The van der Waals surface area contributed by atoms with Crippen LogP contribution in [0.2, 0.25) is 0 Å². The van der Waals surface area contributed by atoms with Gasteiger partial charge in [-0.3, -0.25) is 4.79 Å². The number of aromatic nitrogens is 2. The molecule has 2 fully saturated rings. The van der Waals surface area contributed by atoms with E-state index in [0.717, 1.165) is 13.0 Å². The normalized spacial score (nSPS) is 30.7. The molecule has 1 aliphatic carbocycles. The number of carbonyl (C=O) groups excluding carboxylic acids is 1. The van der Waals surface area contributed by atoms with Gasteiger partial charge in [0.15, 0.2) is 4.34 Å². The number of nitrogens with one attached hydrogen (secondary N) is 1. The molecule has 0 unspecified atom stereocenters. The Morgan fingerprint density at radius 3 is 3.19 bits per heavy atom. The monoisotopic (exact) mass is 330 g/mol. The Morgan fingerprint density at radius 2 is 2.48 bits per heavy atom. The molecule has 3 rings (SSSR count). The van der Waals surface area contributed by atoms with Crippen LogP contribution in [0.5, 0.6) is 0 Å². The van der Waals surface area contributed by atoms with Crippen molar-refractivity contribution in [1.29, 1.82) is 0 Å². The summed E-state index contributed by atoms with van der Waals surface area (Å²) in [6.45, 7) is 1.40. The van der Waals surface area contributed by atoms with Gasteiger partial charge in [0.2, 0.25) is 11.0 Å². The molecule has 1 aliphatic heterocycles. The van der Waals surface area contributed by atoms with Crippen molar-refractivity contribution in [3.8, 4) is 0 Å². The van der Waals surface area contributed by atoms with Crippen molar-refractivity contribution in [2.45, 2.75) is 22.9 Å². The predicted octanol–water partition coefficient (Wildman–Crippen LogP) is 0.379. The Kier molecular flexibility index (Phi) is 4.63. The highest BCUT2D eigenvalue weighted by atomic mass is 32.2. The van der Waals surface area contributed by atoms with E-state index < -0.39 is 0 Å². The van der Waals surface area contributed by atoms with Gasteiger partial charge in [0.1, 0.15) is 0 Å². The fourth-order valence-electron chi connectivity index (χ4n) is 3.07. The average molecular weight is 330 g/mol. The fraction of sp³-hybridized carbons (Fsp3) is 0.750. The first-order valence-electron chi connectivity index (χ1n) is 6.80. The van der Waals surface area contributed by atoms with Gasteiger partial charge in [0.05, 0.1) is 18.5 Å². The predicted molar refractivity (Wildman–Crippen MR) is 80.2 cm³/mol. The lowest BCUT2D eigenvalue weighted by Crippen LogP contribution is -2.63. The minimum absolute atomic E-state index is 0.00484. The summed E-state index contributed by atoms with van der Waals surface area (Å²) in [4.78, 5) is 12.1. The molecular formula is C12H18N4O3S2. The molecule has 1 aromatic rings. The molecule has 1 aromatic heterocycles. The fourth-order valence-corrected chi connectivity index (χ4v) is 4.52. The Bertz CT molecular complexity index is 512. The number of hydrogen-bond acceptors (Lipinski definition) is 8. The van der Waals surface area contributed by atoms with Gasteiger partial charge in [-0.15, -0.1) is 10.2 Å². The number of methoxy groups -OCH3 is 1. The number of amides is 1. The van der Waals surface area contributed by atoms with Crippen molar-refractivity contribution in [1.82, 2.24) is 15.5 Å². The molecule has 4 atom stereocenters. The van der Waals surface area contributed by atoms with E-state index in [0.29, 0.717) is 27.7 Å². The molecule has 2 heterocycles. The van der Waals surface area contributed by atoms with E-state index in [1.807, 2.05) is 0 Å². The number of nitrogen functional groups attached to an aromatic ring is 1. The molecule has 21 heavy (non-hydrogen) atoms. The third-order valence-corrected chi connectivity index (χ3v) is 5.85. The highest BCUT2D eigenvalue weighted by molar-refractivity contribution is 8.01. The van der Waals surface area contributed by atoms with E-state index in [1.54, 1.807) is 7.11 Å². The maximum absolute atomic E-state index is 12.1.